The number of dihydropyridines is 1. The smallest absolute Gasteiger partial charge is 0.269 e. The van der Waals surface area contributed by atoms with E-state index in [-0.39, 0.29) is 18.1 Å². The van der Waals surface area contributed by atoms with Crippen LogP contribution >= 0.6 is 15.9 Å². The zero-order valence-corrected chi connectivity index (χ0v) is 23.3. The van der Waals surface area contributed by atoms with Crippen LogP contribution in [0.3, 0.4) is 0 Å². The van der Waals surface area contributed by atoms with E-state index in [4.69, 9.17) is 9.47 Å². The average molecular weight is 580 g/mol. The topological polar surface area (TPSA) is 114 Å². The highest BCUT2D eigenvalue weighted by Gasteiger charge is 2.39. The maximum atomic E-state index is 13.4. The predicted molar refractivity (Wildman–Crippen MR) is 147 cm³/mol. The number of nitrogens with zero attached hydrogens (tertiary/aromatic N) is 2. The summed E-state index contributed by atoms with van der Waals surface area (Å²) in [6, 6.07) is 12.3. The Morgan fingerprint density at radius 2 is 2.00 bits per heavy atom. The van der Waals surface area contributed by atoms with Crippen molar-refractivity contribution in [1.29, 1.82) is 5.26 Å². The van der Waals surface area contributed by atoms with E-state index in [0.717, 1.165) is 36.2 Å². The van der Waals surface area contributed by atoms with Crippen molar-refractivity contribution in [2.45, 2.75) is 59.0 Å². The van der Waals surface area contributed by atoms with E-state index in [1.165, 1.54) is 12.1 Å². The number of carbonyl (C=O) groups is 1. The van der Waals surface area contributed by atoms with Crippen LogP contribution in [0.25, 0.3) is 0 Å². The molecule has 4 rings (SSSR count). The minimum atomic E-state index is -0.507. The maximum Gasteiger partial charge on any atom is 0.269 e. The molecule has 0 saturated carbocycles. The van der Waals surface area contributed by atoms with Crippen molar-refractivity contribution in [3.8, 4) is 17.6 Å². The summed E-state index contributed by atoms with van der Waals surface area (Å²) in [6.45, 7) is 6.33. The summed E-state index contributed by atoms with van der Waals surface area (Å²) in [4.78, 5) is 24.1. The fraction of sp³-hybridized carbons (Fsp3) is 0.379. The first-order chi connectivity index (χ1) is 18.3. The lowest BCUT2D eigenvalue weighted by Crippen LogP contribution is -2.34. The summed E-state index contributed by atoms with van der Waals surface area (Å²) in [5.41, 5.74) is 4.21. The summed E-state index contributed by atoms with van der Waals surface area (Å²) in [5.74, 6) is 0.772. The van der Waals surface area contributed by atoms with E-state index in [1.807, 2.05) is 26.0 Å². The molecular weight excluding hydrogens is 550 g/mol. The molecule has 2 atom stereocenters. The number of nitrogens with one attached hydrogen (secondary N) is 1. The standard InChI is InChI=1S/C29H30BrN3O5/c1-4-7-18-11-24-28(25(34)12-18)27(22(15-31)17(3)32-24)20-13-23(30)29(26(14-20)37-5-2)38-16-19-8-6-9-21(10-19)33(35)36/h6,8-10,13-14,18,27,32H,4-5,7,11-12,16H2,1-3H3. The van der Waals surface area contributed by atoms with E-state index < -0.39 is 10.8 Å². The molecule has 0 spiro atoms. The number of Topliss-reactive ketones (excluding diaryl/α,β-unsaturated/α-hetero) is 1. The van der Waals surface area contributed by atoms with Gasteiger partial charge in [-0.25, -0.2) is 0 Å². The molecule has 9 heteroatoms. The van der Waals surface area contributed by atoms with Crippen molar-refractivity contribution in [2.24, 2.45) is 5.92 Å². The Bertz CT molecular complexity index is 1370. The van der Waals surface area contributed by atoms with Gasteiger partial charge in [-0.1, -0.05) is 25.5 Å². The summed E-state index contributed by atoms with van der Waals surface area (Å²) >= 11 is 3.61. The van der Waals surface area contributed by atoms with Gasteiger partial charge < -0.3 is 14.8 Å². The molecule has 0 amide bonds. The van der Waals surface area contributed by atoms with Gasteiger partial charge in [0.05, 0.1) is 33.6 Å². The van der Waals surface area contributed by atoms with Crippen LogP contribution < -0.4 is 14.8 Å². The molecule has 8 nitrogen and oxygen atoms in total. The van der Waals surface area contributed by atoms with Gasteiger partial charge in [-0.2, -0.15) is 5.26 Å². The van der Waals surface area contributed by atoms with Gasteiger partial charge >= 0.3 is 0 Å². The fourth-order valence-corrected chi connectivity index (χ4v) is 5.86. The summed E-state index contributed by atoms with van der Waals surface area (Å²) in [5, 5.41) is 24.6. The average Bonchev–Trinajstić information content (AvgIpc) is 2.87. The lowest BCUT2D eigenvalue weighted by atomic mass is 9.72. The minimum absolute atomic E-state index is 0.00922. The van der Waals surface area contributed by atoms with Gasteiger partial charge in [-0.15, -0.1) is 0 Å². The number of non-ortho nitro benzene ring substituents is 1. The molecule has 198 valence electrons. The van der Waals surface area contributed by atoms with Crippen molar-refractivity contribution in [3.05, 3.63) is 84.7 Å². The van der Waals surface area contributed by atoms with Gasteiger partial charge in [-0.3, -0.25) is 14.9 Å². The van der Waals surface area contributed by atoms with Crippen molar-refractivity contribution in [1.82, 2.24) is 5.32 Å². The second-order valence-corrected chi connectivity index (χ2v) is 10.4. The number of nitro groups is 1. The number of ketones is 1. The first-order valence-corrected chi connectivity index (χ1v) is 13.5. The molecule has 2 aliphatic rings. The normalized spacial score (nSPS) is 19.0. The second-order valence-electron chi connectivity index (χ2n) is 9.57. The first kappa shape index (κ1) is 27.4. The van der Waals surface area contributed by atoms with Crippen LogP contribution in [0.15, 0.2) is 63.4 Å². The van der Waals surface area contributed by atoms with Gasteiger partial charge in [0.15, 0.2) is 17.3 Å². The number of carbonyl (C=O) groups excluding carboxylic acids is 1. The Morgan fingerprint density at radius 3 is 2.68 bits per heavy atom. The molecule has 2 aromatic rings. The number of ether oxygens (including phenoxy) is 2. The number of hydrogen-bond donors (Lipinski definition) is 1. The molecule has 1 heterocycles. The highest BCUT2D eigenvalue weighted by Crippen LogP contribution is 2.47. The number of halogens is 1. The van der Waals surface area contributed by atoms with Crippen LogP contribution in [-0.2, 0) is 11.4 Å². The minimum Gasteiger partial charge on any atom is -0.490 e. The number of benzene rings is 2. The lowest BCUT2D eigenvalue weighted by molar-refractivity contribution is -0.384. The Kier molecular flexibility index (Phi) is 8.52. The molecule has 0 saturated heterocycles. The molecule has 0 bridgehead atoms. The summed E-state index contributed by atoms with van der Waals surface area (Å²) in [6.07, 6.45) is 3.27. The van der Waals surface area contributed by atoms with Gasteiger partial charge in [0.2, 0.25) is 0 Å². The molecule has 2 unspecified atom stereocenters. The Balaban J connectivity index is 1.73. The Hall–Kier alpha value is -3.64. The quantitative estimate of drug-likeness (QED) is 0.255. The monoisotopic (exact) mass is 579 g/mol. The largest absolute Gasteiger partial charge is 0.490 e. The van der Waals surface area contributed by atoms with Crippen LogP contribution in [-0.4, -0.2) is 17.3 Å². The van der Waals surface area contributed by atoms with Crippen molar-refractivity contribution < 1.29 is 19.2 Å². The Morgan fingerprint density at radius 1 is 1.21 bits per heavy atom. The third-order valence-electron chi connectivity index (χ3n) is 6.90. The fourth-order valence-electron chi connectivity index (χ4n) is 5.29. The molecule has 1 aliphatic heterocycles. The summed E-state index contributed by atoms with van der Waals surface area (Å²) in [7, 11) is 0. The molecule has 0 aromatic heterocycles. The van der Waals surface area contributed by atoms with Crippen molar-refractivity contribution >= 4 is 27.4 Å². The van der Waals surface area contributed by atoms with E-state index in [9.17, 15) is 20.2 Å². The Labute approximate surface area is 230 Å². The molecule has 2 aromatic carbocycles. The zero-order valence-electron chi connectivity index (χ0n) is 21.7. The highest BCUT2D eigenvalue weighted by molar-refractivity contribution is 9.10. The van der Waals surface area contributed by atoms with Crippen LogP contribution in [0.1, 0.15) is 63.5 Å². The van der Waals surface area contributed by atoms with Gasteiger partial charge in [0.1, 0.15) is 6.61 Å². The number of hydrogen-bond acceptors (Lipinski definition) is 7. The van der Waals surface area contributed by atoms with Gasteiger partial charge in [0.25, 0.3) is 5.69 Å². The second kappa shape index (κ2) is 11.8. The van der Waals surface area contributed by atoms with E-state index >= 15 is 0 Å². The molecule has 1 N–H and O–H groups in total. The number of nitro benzene ring substituents is 1. The van der Waals surface area contributed by atoms with Crippen LogP contribution in [0, 0.1) is 27.4 Å². The maximum absolute atomic E-state index is 13.4. The van der Waals surface area contributed by atoms with Gasteiger partial charge in [-0.05, 0) is 71.8 Å². The predicted octanol–water partition coefficient (Wildman–Crippen LogP) is 6.85. The van der Waals surface area contributed by atoms with E-state index in [1.54, 1.807) is 12.1 Å². The third kappa shape index (κ3) is 5.60. The lowest BCUT2D eigenvalue weighted by Gasteiger charge is -2.35. The molecule has 1 aliphatic carbocycles. The number of nitriles is 1. The first-order valence-electron chi connectivity index (χ1n) is 12.7. The zero-order chi connectivity index (χ0) is 27.4. The van der Waals surface area contributed by atoms with Crippen molar-refractivity contribution in [2.75, 3.05) is 6.61 Å². The molecule has 38 heavy (non-hydrogen) atoms. The third-order valence-corrected chi connectivity index (χ3v) is 7.49. The molecule has 0 radical (unpaired) electrons. The number of rotatable bonds is 9. The van der Waals surface area contributed by atoms with Crippen LogP contribution in [0.5, 0.6) is 11.5 Å². The molecule has 0 fully saturated rings. The number of allylic oxidation sites excluding steroid dienone is 4. The molecular formula is C29H30BrN3O5. The van der Waals surface area contributed by atoms with Crippen LogP contribution in [0.2, 0.25) is 0 Å². The van der Waals surface area contributed by atoms with Gasteiger partial charge in [0, 0.05) is 35.5 Å². The summed E-state index contributed by atoms with van der Waals surface area (Å²) < 4.78 is 12.6. The van der Waals surface area contributed by atoms with Crippen molar-refractivity contribution in [3.63, 3.8) is 0 Å². The van der Waals surface area contributed by atoms with E-state index in [2.05, 4.69) is 34.2 Å². The highest BCUT2D eigenvalue weighted by atomic mass is 79.9. The van der Waals surface area contributed by atoms with E-state index in [0.29, 0.717) is 51.6 Å². The SMILES string of the molecule is CCCC1CC(=O)C2=C(C1)NC(C)=C(C#N)C2c1cc(Br)c(OCc2cccc([N+](=O)[O-])c2)c(OCC)c1. The van der Waals surface area contributed by atoms with Crippen LogP contribution in [0.4, 0.5) is 5.69 Å².